The molecular weight excluding hydrogens is 280 g/mol. The molecule has 2 rings (SSSR count). The molecule has 0 saturated heterocycles. The van der Waals surface area contributed by atoms with Gasteiger partial charge in [-0.2, -0.15) is 11.3 Å². The molecule has 118 valence electrons. The summed E-state index contributed by atoms with van der Waals surface area (Å²) in [5.74, 6) is 0.896. The zero-order chi connectivity index (χ0) is 15.1. The maximum absolute atomic E-state index is 4.34. The number of guanidine groups is 1. The lowest BCUT2D eigenvalue weighted by atomic mass is 9.80. The second kappa shape index (κ2) is 7.80. The van der Waals surface area contributed by atoms with E-state index in [1.165, 1.54) is 37.7 Å². The summed E-state index contributed by atoms with van der Waals surface area (Å²) in [7, 11) is 6.25. The molecule has 1 fully saturated rings. The summed E-state index contributed by atoms with van der Waals surface area (Å²) in [5.41, 5.74) is 1.58. The van der Waals surface area contributed by atoms with Gasteiger partial charge in [-0.3, -0.25) is 4.99 Å². The normalized spacial score (nSPS) is 18.8. The standard InChI is InChI=1S/C16H28N4S/c1-17-15(18-11-14-7-10-21-12-14)19-13-16(20(2)3)8-5-4-6-9-16/h7,10,12H,4-6,8-9,11,13H2,1-3H3,(H2,17,18,19). The Hall–Kier alpha value is -1.07. The second-order valence-corrected chi connectivity index (χ2v) is 6.87. The first-order chi connectivity index (χ1) is 10.2. The van der Waals surface area contributed by atoms with Crippen LogP contribution in [0.15, 0.2) is 21.8 Å². The van der Waals surface area contributed by atoms with Crippen molar-refractivity contribution in [2.24, 2.45) is 4.99 Å². The molecule has 1 heterocycles. The van der Waals surface area contributed by atoms with Gasteiger partial charge in [0.25, 0.3) is 0 Å². The highest BCUT2D eigenvalue weighted by atomic mass is 32.1. The Bertz CT molecular complexity index is 433. The van der Waals surface area contributed by atoms with Crippen LogP contribution < -0.4 is 10.6 Å². The molecular formula is C16H28N4S. The van der Waals surface area contributed by atoms with Crippen molar-refractivity contribution in [1.82, 2.24) is 15.5 Å². The maximum Gasteiger partial charge on any atom is 0.191 e. The molecule has 0 amide bonds. The largest absolute Gasteiger partial charge is 0.355 e. The van der Waals surface area contributed by atoms with Gasteiger partial charge in [0.15, 0.2) is 5.96 Å². The van der Waals surface area contributed by atoms with Gasteiger partial charge in [0.1, 0.15) is 0 Å². The van der Waals surface area contributed by atoms with Crippen molar-refractivity contribution in [3.05, 3.63) is 22.4 Å². The van der Waals surface area contributed by atoms with Crippen molar-refractivity contribution >= 4 is 17.3 Å². The van der Waals surface area contributed by atoms with Crippen molar-refractivity contribution in [3.8, 4) is 0 Å². The molecule has 0 aromatic carbocycles. The fraction of sp³-hybridized carbons (Fsp3) is 0.688. The predicted octanol–water partition coefficient (Wildman–Crippen LogP) is 2.68. The van der Waals surface area contributed by atoms with Gasteiger partial charge >= 0.3 is 0 Å². The van der Waals surface area contributed by atoms with Crippen molar-refractivity contribution in [1.29, 1.82) is 0 Å². The average Bonchev–Trinajstić information content (AvgIpc) is 3.01. The highest BCUT2D eigenvalue weighted by molar-refractivity contribution is 7.07. The number of nitrogens with one attached hydrogen (secondary N) is 2. The summed E-state index contributed by atoms with van der Waals surface area (Å²) in [5, 5.41) is 11.2. The van der Waals surface area contributed by atoms with Crippen molar-refractivity contribution in [2.45, 2.75) is 44.2 Å². The van der Waals surface area contributed by atoms with Crippen LogP contribution in [0.3, 0.4) is 0 Å². The first kappa shape index (κ1) is 16.3. The summed E-state index contributed by atoms with van der Waals surface area (Å²) in [4.78, 5) is 6.74. The Morgan fingerprint density at radius 3 is 2.62 bits per heavy atom. The molecule has 21 heavy (non-hydrogen) atoms. The second-order valence-electron chi connectivity index (χ2n) is 6.09. The number of aliphatic imine (C=N–C) groups is 1. The van der Waals surface area contributed by atoms with Gasteiger partial charge in [-0.15, -0.1) is 0 Å². The number of rotatable bonds is 5. The molecule has 5 heteroatoms. The molecule has 0 radical (unpaired) electrons. The Balaban J connectivity index is 1.86. The minimum Gasteiger partial charge on any atom is -0.355 e. The molecule has 1 aromatic rings. The molecule has 1 aliphatic rings. The summed E-state index contributed by atoms with van der Waals surface area (Å²) in [6.07, 6.45) is 6.59. The molecule has 0 spiro atoms. The summed E-state index contributed by atoms with van der Waals surface area (Å²) in [6.45, 7) is 1.79. The van der Waals surface area contributed by atoms with Crippen LogP contribution >= 0.6 is 11.3 Å². The quantitative estimate of drug-likeness (QED) is 0.649. The van der Waals surface area contributed by atoms with Gasteiger partial charge in [0.2, 0.25) is 0 Å². The van der Waals surface area contributed by atoms with Crippen LogP contribution in [0.4, 0.5) is 0 Å². The number of thiophene rings is 1. The van der Waals surface area contributed by atoms with Gasteiger partial charge in [-0.1, -0.05) is 19.3 Å². The Morgan fingerprint density at radius 1 is 1.29 bits per heavy atom. The van der Waals surface area contributed by atoms with Crippen LogP contribution in [0.2, 0.25) is 0 Å². The third-order valence-electron chi connectivity index (χ3n) is 4.58. The molecule has 1 aliphatic carbocycles. The summed E-state index contributed by atoms with van der Waals surface area (Å²) < 4.78 is 0. The molecule has 0 bridgehead atoms. The van der Waals surface area contributed by atoms with Crippen molar-refractivity contribution < 1.29 is 0 Å². The highest BCUT2D eigenvalue weighted by Gasteiger charge is 2.34. The van der Waals surface area contributed by atoms with E-state index in [9.17, 15) is 0 Å². The van der Waals surface area contributed by atoms with Crippen LogP contribution in [-0.2, 0) is 6.54 Å². The number of nitrogens with zero attached hydrogens (tertiary/aromatic N) is 2. The average molecular weight is 308 g/mol. The van der Waals surface area contributed by atoms with E-state index in [4.69, 9.17) is 0 Å². The van der Waals surface area contributed by atoms with Crippen LogP contribution in [0.1, 0.15) is 37.7 Å². The van der Waals surface area contributed by atoms with Crippen LogP contribution in [0, 0.1) is 0 Å². The first-order valence-electron chi connectivity index (χ1n) is 7.79. The third-order valence-corrected chi connectivity index (χ3v) is 5.31. The van der Waals surface area contributed by atoms with Crippen molar-refractivity contribution in [2.75, 3.05) is 27.7 Å². The van der Waals surface area contributed by atoms with Gasteiger partial charge in [-0.05, 0) is 49.3 Å². The van der Waals surface area contributed by atoms with E-state index in [0.717, 1.165) is 19.0 Å². The van der Waals surface area contributed by atoms with Gasteiger partial charge in [0.05, 0.1) is 0 Å². The zero-order valence-corrected chi connectivity index (χ0v) is 14.3. The molecule has 0 unspecified atom stereocenters. The van der Waals surface area contributed by atoms with E-state index in [0.29, 0.717) is 0 Å². The summed E-state index contributed by atoms with van der Waals surface area (Å²) >= 11 is 1.73. The Kier molecular flexibility index (Phi) is 6.06. The number of hydrogen-bond acceptors (Lipinski definition) is 3. The SMILES string of the molecule is CN=C(NCc1ccsc1)NCC1(N(C)C)CCCCC1. The fourth-order valence-corrected chi connectivity index (χ4v) is 3.71. The lowest BCUT2D eigenvalue weighted by Crippen LogP contribution is -2.55. The molecule has 4 nitrogen and oxygen atoms in total. The number of likely N-dealkylation sites (N-methyl/N-ethyl adjacent to an activating group) is 1. The number of hydrogen-bond donors (Lipinski definition) is 2. The van der Waals surface area contributed by atoms with Crippen molar-refractivity contribution in [3.63, 3.8) is 0 Å². The van der Waals surface area contributed by atoms with E-state index in [1.54, 1.807) is 11.3 Å². The molecule has 2 N–H and O–H groups in total. The van der Waals surface area contributed by atoms with Gasteiger partial charge in [-0.25, -0.2) is 0 Å². The molecule has 0 aliphatic heterocycles. The van der Waals surface area contributed by atoms with Crippen LogP contribution in [0.25, 0.3) is 0 Å². The Morgan fingerprint density at radius 2 is 2.05 bits per heavy atom. The van der Waals surface area contributed by atoms with E-state index in [-0.39, 0.29) is 5.54 Å². The topological polar surface area (TPSA) is 39.7 Å². The third kappa shape index (κ3) is 4.45. The molecule has 1 saturated carbocycles. The molecule has 1 aromatic heterocycles. The highest BCUT2D eigenvalue weighted by Crippen LogP contribution is 2.31. The van der Waals surface area contributed by atoms with E-state index < -0.39 is 0 Å². The minimum atomic E-state index is 0.276. The maximum atomic E-state index is 4.34. The predicted molar refractivity (Wildman–Crippen MR) is 92.0 cm³/mol. The molecule has 0 atom stereocenters. The van der Waals surface area contributed by atoms with Crippen LogP contribution in [0.5, 0.6) is 0 Å². The van der Waals surface area contributed by atoms with Crippen LogP contribution in [-0.4, -0.2) is 44.1 Å². The lowest BCUT2D eigenvalue weighted by molar-refractivity contribution is 0.104. The van der Waals surface area contributed by atoms with Gasteiger partial charge in [0, 0.05) is 25.7 Å². The monoisotopic (exact) mass is 308 g/mol. The fourth-order valence-electron chi connectivity index (χ4n) is 3.04. The minimum absolute atomic E-state index is 0.276. The Labute approximate surface area is 132 Å². The van der Waals surface area contributed by atoms with Gasteiger partial charge < -0.3 is 15.5 Å². The van der Waals surface area contributed by atoms with E-state index in [2.05, 4.69) is 51.4 Å². The van der Waals surface area contributed by atoms with E-state index >= 15 is 0 Å². The van der Waals surface area contributed by atoms with E-state index in [1.807, 2.05) is 7.05 Å². The smallest absolute Gasteiger partial charge is 0.191 e. The summed E-state index contributed by atoms with van der Waals surface area (Å²) in [6, 6.07) is 2.15. The lowest BCUT2D eigenvalue weighted by Gasteiger charge is -2.43. The zero-order valence-electron chi connectivity index (χ0n) is 13.5. The first-order valence-corrected chi connectivity index (χ1v) is 8.74.